The van der Waals surface area contributed by atoms with Gasteiger partial charge in [0.25, 0.3) is 0 Å². The Hall–Kier alpha value is -0.905. The molecule has 5 heteroatoms. The summed E-state index contributed by atoms with van der Waals surface area (Å²) in [5, 5.41) is 10.4. The molecule has 2 aliphatic rings. The van der Waals surface area contributed by atoms with E-state index in [0.717, 1.165) is 29.7 Å². The second-order valence-electron chi connectivity index (χ2n) is 7.01. The standard InChI is InChI=1S/C15H22BNO3/c1-10-6-7-11(15(18)8-9-15)12(17-10)16-19-13(2,3)14(4,5)20-16/h6-7,18H,8-9H2,1-5H3. The van der Waals surface area contributed by atoms with Crippen molar-refractivity contribution in [1.82, 2.24) is 4.98 Å². The fourth-order valence-corrected chi connectivity index (χ4v) is 2.49. The third kappa shape index (κ3) is 2.08. The molecule has 4 nitrogen and oxygen atoms in total. The summed E-state index contributed by atoms with van der Waals surface area (Å²) in [6.07, 6.45) is 1.56. The molecule has 2 fully saturated rings. The molecule has 0 bridgehead atoms. The molecule has 1 saturated carbocycles. The maximum atomic E-state index is 10.4. The molecule has 2 heterocycles. The molecule has 1 aromatic heterocycles. The van der Waals surface area contributed by atoms with Crippen molar-refractivity contribution in [2.45, 2.75) is 64.3 Å². The fourth-order valence-electron chi connectivity index (χ4n) is 2.49. The van der Waals surface area contributed by atoms with E-state index in [1.165, 1.54) is 0 Å². The molecule has 0 spiro atoms. The van der Waals surface area contributed by atoms with Crippen LogP contribution in [0.25, 0.3) is 0 Å². The molecule has 1 aliphatic heterocycles. The molecular formula is C15H22BNO3. The maximum Gasteiger partial charge on any atom is 0.514 e. The Morgan fingerprint density at radius 1 is 1.10 bits per heavy atom. The first-order chi connectivity index (χ1) is 9.15. The van der Waals surface area contributed by atoms with Gasteiger partial charge in [-0.25, -0.2) is 0 Å². The highest BCUT2D eigenvalue weighted by atomic mass is 16.7. The second kappa shape index (κ2) is 4.06. The van der Waals surface area contributed by atoms with Crippen LogP contribution in [0.2, 0.25) is 0 Å². The third-order valence-corrected chi connectivity index (χ3v) is 4.77. The second-order valence-corrected chi connectivity index (χ2v) is 7.01. The lowest BCUT2D eigenvalue weighted by atomic mass is 9.78. The zero-order chi connectivity index (χ0) is 14.8. The van der Waals surface area contributed by atoms with E-state index in [4.69, 9.17) is 9.31 Å². The minimum absolute atomic E-state index is 0.396. The number of hydrogen-bond acceptors (Lipinski definition) is 4. The van der Waals surface area contributed by atoms with Gasteiger partial charge in [-0.3, -0.25) is 4.98 Å². The molecule has 1 N–H and O–H groups in total. The Balaban J connectivity index is 2.01. The number of rotatable bonds is 2. The van der Waals surface area contributed by atoms with Crippen LogP contribution in [-0.2, 0) is 14.9 Å². The zero-order valence-corrected chi connectivity index (χ0v) is 12.9. The van der Waals surface area contributed by atoms with E-state index >= 15 is 0 Å². The lowest BCUT2D eigenvalue weighted by molar-refractivity contribution is 0.00578. The lowest BCUT2D eigenvalue weighted by Crippen LogP contribution is -2.41. The minimum atomic E-state index is -0.736. The van der Waals surface area contributed by atoms with Crippen LogP contribution in [0.4, 0.5) is 0 Å². The zero-order valence-electron chi connectivity index (χ0n) is 12.9. The van der Waals surface area contributed by atoms with Crippen LogP contribution in [0.1, 0.15) is 51.8 Å². The van der Waals surface area contributed by atoms with Gasteiger partial charge in [0.15, 0.2) is 0 Å². The van der Waals surface area contributed by atoms with Crippen molar-refractivity contribution in [3.05, 3.63) is 23.4 Å². The summed E-state index contributed by atoms with van der Waals surface area (Å²) in [6.45, 7) is 10.0. The predicted octanol–water partition coefficient (Wildman–Crippen LogP) is 1.67. The predicted molar refractivity (Wildman–Crippen MR) is 77.8 cm³/mol. The Kier molecular flexibility index (Phi) is 2.85. The van der Waals surface area contributed by atoms with Crippen molar-refractivity contribution in [3.63, 3.8) is 0 Å². The van der Waals surface area contributed by atoms with E-state index in [2.05, 4.69) is 4.98 Å². The molecule has 0 aromatic carbocycles. The van der Waals surface area contributed by atoms with Crippen molar-refractivity contribution in [1.29, 1.82) is 0 Å². The highest BCUT2D eigenvalue weighted by molar-refractivity contribution is 6.61. The number of aryl methyl sites for hydroxylation is 1. The molecule has 20 heavy (non-hydrogen) atoms. The Labute approximate surface area is 120 Å². The molecular weight excluding hydrogens is 253 g/mol. The van der Waals surface area contributed by atoms with E-state index in [9.17, 15) is 5.11 Å². The van der Waals surface area contributed by atoms with Crippen molar-refractivity contribution >= 4 is 12.7 Å². The van der Waals surface area contributed by atoms with Gasteiger partial charge < -0.3 is 14.4 Å². The largest absolute Gasteiger partial charge is 0.514 e. The van der Waals surface area contributed by atoms with Crippen LogP contribution in [0.5, 0.6) is 0 Å². The normalized spacial score (nSPS) is 25.8. The summed E-state index contributed by atoms with van der Waals surface area (Å²) in [4.78, 5) is 4.58. The van der Waals surface area contributed by atoms with Crippen molar-refractivity contribution in [2.75, 3.05) is 0 Å². The average Bonchev–Trinajstić information content (AvgIpc) is 3.01. The van der Waals surface area contributed by atoms with E-state index in [1.54, 1.807) is 0 Å². The van der Waals surface area contributed by atoms with Gasteiger partial charge in [0, 0.05) is 11.3 Å². The SMILES string of the molecule is Cc1ccc(C2(O)CC2)c(B2OC(C)(C)C(C)(C)O2)n1. The first-order valence-electron chi connectivity index (χ1n) is 7.21. The Morgan fingerprint density at radius 2 is 1.65 bits per heavy atom. The van der Waals surface area contributed by atoms with E-state index in [-0.39, 0.29) is 0 Å². The number of aliphatic hydroxyl groups is 1. The molecule has 0 radical (unpaired) electrons. The molecule has 108 valence electrons. The molecule has 1 saturated heterocycles. The molecule has 1 aliphatic carbocycles. The van der Waals surface area contributed by atoms with E-state index < -0.39 is 23.9 Å². The van der Waals surface area contributed by atoms with Gasteiger partial charge in [0.05, 0.1) is 22.4 Å². The first kappa shape index (κ1) is 14.0. The summed E-state index contributed by atoms with van der Waals surface area (Å²) in [7, 11) is -0.514. The molecule has 0 amide bonds. The van der Waals surface area contributed by atoms with Crippen LogP contribution in [-0.4, -0.2) is 28.4 Å². The van der Waals surface area contributed by atoms with Gasteiger partial charge in [-0.1, -0.05) is 6.07 Å². The number of aromatic nitrogens is 1. The highest BCUT2D eigenvalue weighted by Crippen LogP contribution is 2.45. The van der Waals surface area contributed by atoms with E-state index in [0.29, 0.717) is 0 Å². The van der Waals surface area contributed by atoms with Gasteiger partial charge in [-0.05, 0) is 53.5 Å². The van der Waals surface area contributed by atoms with Crippen LogP contribution >= 0.6 is 0 Å². The monoisotopic (exact) mass is 275 g/mol. The minimum Gasteiger partial charge on any atom is -0.398 e. The van der Waals surface area contributed by atoms with Crippen molar-refractivity contribution < 1.29 is 14.4 Å². The van der Waals surface area contributed by atoms with Gasteiger partial charge >= 0.3 is 7.12 Å². The van der Waals surface area contributed by atoms with Gasteiger partial charge in [-0.2, -0.15) is 0 Å². The topological polar surface area (TPSA) is 51.6 Å². The van der Waals surface area contributed by atoms with E-state index in [1.807, 2.05) is 46.8 Å². The van der Waals surface area contributed by atoms with Crippen LogP contribution < -0.4 is 5.59 Å². The smallest absolute Gasteiger partial charge is 0.398 e. The summed E-state index contributed by atoms with van der Waals surface area (Å²) in [6, 6.07) is 3.88. The highest BCUT2D eigenvalue weighted by Gasteiger charge is 2.55. The number of nitrogens with zero attached hydrogens (tertiary/aromatic N) is 1. The number of pyridine rings is 1. The molecule has 3 rings (SSSR count). The summed E-state index contributed by atoms with van der Waals surface area (Å²) in [5.74, 6) is 0. The van der Waals surface area contributed by atoms with Gasteiger partial charge in [0.1, 0.15) is 0 Å². The van der Waals surface area contributed by atoms with Crippen LogP contribution in [0.15, 0.2) is 12.1 Å². The average molecular weight is 275 g/mol. The quantitative estimate of drug-likeness (QED) is 0.834. The van der Waals surface area contributed by atoms with Crippen molar-refractivity contribution in [2.24, 2.45) is 0 Å². The Morgan fingerprint density at radius 3 is 2.15 bits per heavy atom. The summed E-state index contributed by atoms with van der Waals surface area (Å²) in [5.41, 5.74) is 0.951. The molecule has 1 aromatic rings. The van der Waals surface area contributed by atoms with Gasteiger partial charge in [-0.15, -0.1) is 0 Å². The Bertz CT molecular complexity index is 536. The van der Waals surface area contributed by atoms with Gasteiger partial charge in [0.2, 0.25) is 0 Å². The molecule has 0 unspecified atom stereocenters. The summed E-state index contributed by atoms with van der Waals surface area (Å²) < 4.78 is 12.1. The van der Waals surface area contributed by atoms with Crippen LogP contribution in [0.3, 0.4) is 0 Å². The molecule has 0 atom stereocenters. The number of hydrogen-bond donors (Lipinski definition) is 1. The van der Waals surface area contributed by atoms with Crippen LogP contribution in [0, 0.1) is 6.92 Å². The summed E-state index contributed by atoms with van der Waals surface area (Å²) >= 11 is 0. The maximum absolute atomic E-state index is 10.4. The third-order valence-electron chi connectivity index (χ3n) is 4.77. The lowest BCUT2D eigenvalue weighted by Gasteiger charge is -2.32. The van der Waals surface area contributed by atoms with Crippen molar-refractivity contribution in [3.8, 4) is 0 Å². The fraction of sp³-hybridized carbons (Fsp3) is 0.667. The first-order valence-corrected chi connectivity index (χ1v) is 7.21.